The first-order valence-corrected chi connectivity index (χ1v) is 12.3. The fourth-order valence-corrected chi connectivity index (χ4v) is 6.24. The third-order valence-corrected chi connectivity index (χ3v) is 8.54. The van der Waals surface area contributed by atoms with E-state index in [4.69, 9.17) is 14.4 Å². The third kappa shape index (κ3) is 3.04. The van der Waals surface area contributed by atoms with Crippen LogP contribution in [0.5, 0.6) is 0 Å². The molecule has 0 amide bonds. The molecule has 2 aromatic heterocycles. The highest BCUT2D eigenvalue weighted by Gasteiger charge is 2.41. The average molecular weight is 456 g/mol. The van der Waals surface area contributed by atoms with Crippen LogP contribution >= 0.6 is 0 Å². The minimum absolute atomic E-state index is 0.0309. The van der Waals surface area contributed by atoms with Crippen molar-refractivity contribution in [1.82, 2.24) is 14.5 Å². The fourth-order valence-electron chi connectivity index (χ4n) is 4.94. The van der Waals surface area contributed by atoms with Gasteiger partial charge in [-0.15, -0.1) is 0 Å². The van der Waals surface area contributed by atoms with Crippen LogP contribution in [0.4, 0.5) is 11.8 Å². The van der Waals surface area contributed by atoms with Gasteiger partial charge >= 0.3 is 5.76 Å². The predicted molar refractivity (Wildman–Crippen MR) is 121 cm³/mol. The van der Waals surface area contributed by atoms with Gasteiger partial charge in [-0.3, -0.25) is 4.57 Å². The molecule has 0 unspecified atom stereocenters. The van der Waals surface area contributed by atoms with Crippen LogP contribution in [0.25, 0.3) is 11.1 Å². The molecule has 10 heteroatoms. The normalized spacial score (nSPS) is 21.3. The Kier molecular flexibility index (Phi) is 4.53. The lowest BCUT2D eigenvalue weighted by Crippen LogP contribution is -2.49. The Morgan fingerprint density at radius 2 is 2.12 bits per heavy atom. The number of hydrogen-bond acceptors (Lipinski definition) is 8. The Labute approximate surface area is 187 Å². The number of aliphatic hydroxyl groups is 1. The maximum Gasteiger partial charge on any atom is 0.419 e. The van der Waals surface area contributed by atoms with Crippen LogP contribution < -0.4 is 16.0 Å². The summed E-state index contributed by atoms with van der Waals surface area (Å²) in [5.41, 5.74) is 4.13. The van der Waals surface area contributed by atoms with Gasteiger partial charge in [-0.1, -0.05) is 0 Å². The van der Waals surface area contributed by atoms with E-state index in [-0.39, 0.29) is 17.9 Å². The number of benzene rings is 1. The highest BCUT2D eigenvalue weighted by atomic mass is 32.2. The van der Waals surface area contributed by atoms with Crippen molar-refractivity contribution in [3.05, 3.63) is 39.5 Å². The molecule has 2 aliphatic heterocycles. The van der Waals surface area contributed by atoms with Gasteiger partial charge in [-0.2, -0.15) is 4.98 Å². The van der Waals surface area contributed by atoms with E-state index in [1.54, 1.807) is 7.05 Å². The summed E-state index contributed by atoms with van der Waals surface area (Å²) in [6, 6.07) is 3.98. The zero-order chi connectivity index (χ0) is 22.0. The molecule has 6 rings (SSSR count). The number of oxazole rings is 1. The van der Waals surface area contributed by atoms with E-state index in [0.717, 1.165) is 49.0 Å². The van der Waals surface area contributed by atoms with E-state index in [1.165, 1.54) is 10.1 Å². The summed E-state index contributed by atoms with van der Waals surface area (Å²) in [5, 5.41) is 13.4. The van der Waals surface area contributed by atoms with Crippen LogP contribution in [0.3, 0.4) is 0 Å². The van der Waals surface area contributed by atoms with E-state index in [9.17, 15) is 14.5 Å². The summed E-state index contributed by atoms with van der Waals surface area (Å²) in [7, 11) is 1.72. The smallest absolute Gasteiger partial charge is 0.419 e. The Bertz CT molecular complexity index is 1280. The molecule has 0 spiro atoms. The second-order valence-corrected chi connectivity index (χ2v) is 10.6. The molecule has 2 N–H and O–H groups in total. The number of nitrogens with one attached hydrogen (secondary N) is 1. The largest absolute Gasteiger partial charge is 0.611 e. The second-order valence-electron chi connectivity index (χ2n) is 9.05. The molecule has 3 aromatic rings. The van der Waals surface area contributed by atoms with Gasteiger partial charge in [0, 0.05) is 26.6 Å². The topological polar surface area (TPSA) is 119 Å². The van der Waals surface area contributed by atoms with Crippen LogP contribution in [0.1, 0.15) is 36.1 Å². The maximum atomic E-state index is 12.6. The minimum atomic E-state index is -1.12. The maximum absolute atomic E-state index is 12.6. The number of nitrogens with zero attached hydrogens (tertiary/aromatic N) is 4. The molecule has 1 aromatic carbocycles. The number of fused-ring (bicyclic) bond motifs is 3. The lowest BCUT2D eigenvalue weighted by molar-refractivity contribution is 0.143. The Morgan fingerprint density at radius 1 is 1.28 bits per heavy atom. The quantitative estimate of drug-likeness (QED) is 0.568. The molecule has 9 nitrogen and oxygen atoms in total. The molecule has 0 bridgehead atoms. The van der Waals surface area contributed by atoms with Crippen molar-refractivity contribution in [1.29, 1.82) is 0 Å². The van der Waals surface area contributed by atoms with Crippen LogP contribution in [0.15, 0.2) is 26.2 Å². The fraction of sp³-hybridized carbons (Fsp3) is 0.500. The van der Waals surface area contributed by atoms with Crippen LogP contribution in [0, 0.1) is 0 Å². The van der Waals surface area contributed by atoms with Gasteiger partial charge in [0.2, 0.25) is 10.8 Å². The number of aromatic nitrogens is 3. The summed E-state index contributed by atoms with van der Waals surface area (Å²) in [6.45, 7) is 1.39. The zero-order valence-corrected chi connectivity index (χ0v) is 18.7. The monoisotopic (exact) mass is 455 g/mol. The average Bonchev–Trinajstić information content (AvgIpc) is 3.28. The molecule has 168 valence electrons. The molecule has 0 radical (unpaired) electrons. The molecule has 1 fully saturated rings. The van der Waals surface area contributed by atoms with Crippen LogP contribution in [-0.2, 0) is 37.6 Å². The van der Waals surface area contributed by atoms with Crippen LogP contribution in [0.2, 0.25) is 0 Å². The first-order chi connectivity index (χ1) is 15.5. The van der Waals surface area contributed by atoms with Gasteiger partial charge < -0.3 is 24.3 Å². The summed E-state index contributed by atoms with van der Waals surface area (Å²) < 4.78 is 19.6. The van der Waals surface area contributed by atoms with Crippen LogP contribution in [-0.4, -0.2) is 48.6 Å². The number of aryl methyl sites for hydroxylation is 2. The first kappa shape index (κ1) is 20.1. The Balaban J connectivity index is 1.36. The van der Waals surface area contributed by atoms with E-state index >= 15 is 0 Å². The molecular weight excluding hydrogens is 430 g/mol. The number of anilines is 2. The standard InChI is InChI=1S/C22H25N5O4S/c1-26-16-9-13-3-7-27(11-14(13)10-17(16)31-21(26)29)20-23-15-4-8-32(30)18(15)19(24-20)25-22(12-28)5-2-6-22/h9-10,28H,2-8,11-12H2,1H3,(H,23,24,25)/t32-/m1/s1. The minimum Gasteiger partial charge on any atom is -0.611 e. The van der Waals surface area contributed by atoms with E-state index < -0.39 is 11.2 Å². The summed E-state index contributed by atoms with van der Waals surface area (Å²) in [5.74, 6) is 1.41. The van der Waals surface area contributed by atoms with Crippen molar-refractivity contribution in [2.24, 2.45) is 7.05 Å². The van der Waals surface area contributed by atoms with E-state index in [1.807, 2.05) is 12.1 Å². The molecular formula is C22H25N5O4S. The summed E-state index contributed by atoms with van der Waals surface area (Å²) in [4.78, 5) is 24.3. The first-order valence-electron chi connectivity index (χ1n) is 11.0. The number of hydrogen-bond donors (Lipinski definition) is 2. The molecule has 1 saturated carbocycles. The van der Waals surface area contributed by atoms with Crippen molar-refractivity contribution in [2.45, 2.75) is 49.1 Å². The highest BCUT2D eigenvalue weighted by molar-refractivity contribution is 7.91. The predicted octanol–water partition coefficient (Wildman–Crippen LogP) is 1.47. The SMILES string of the molecule is Cn1c(=O)oc2cc3c(cc21)CCN(c1nc2c(c(NC4(CO)CCC4)n1)[S@+]([O-])CC2)C3. The van der Waals surface area contributed by atoms with Crippen molar-refractivity contribution in [2.75, 3.05) is 29.1 Å². The lowest BCUT2D eigenvalue weighted by atomic mass is 9.77. The third-order valence-electron chi connectivity index (χ3n) is 7.08. The van der Waals surface area contributed by atoms with Gasteiger partial charge in [-0.05, 0) is 60.1 Å². The zero-order valence-electron chi connectivity index (χ0n) is 17.9. The van der Waals surface area contributed by atoms with E-state index in [2.05, 4.69) is 10.2 Å². The van der Waals surface area contributed by atoms with Gasteiger partial charge in [-0.25, -0.2) is 9.78 Å². The van der Waals surface area contributed by atoms with E-state index in [0.29, 0.717) is 41.0 Å². The van der Waals surface area contributed by atoms with Crippen molar-refractivity contribution in [3.8, 4) is 0 Å². The Hall–Kier alpha value is -2.56. The van der Waals surface area contributed by atoms with Gasteiger partial charge in [0.05, 0.1) is 17.7 Å². The van der Waals surface area contributed by atoms with Crippen molar-refractivity contribution < 1.29 is 14.1 Å². The molecule has 3 aliphatic rings. The van der Waals surface area contributed by atoms with Gasteiger partial charge in [0.15, 0.2) is 11.4 Å². The van der Waals surface area contributed by atoms with Crippen molar-refractivity contribution in [3.63, 3.8) is 0 Å². The highest BCUT2D eigenvalue weighted by Crippen LogP contribution is 2.39. The molecule has 4 heterocycles. The Morgan fingerprint density at radius 3 is 2.88 bits per heavy atom. The lowest BCUT2D eigenvalue weighted by Gasteiger charge is -2.41. The summed E-state index contributed by atoms with van der Waals surface area (Å²) in [6.07, 6.45) is 4.28. The van der Waals surface area contributed by atoms with Gasteiger partial charge in [0.25, 0.3) is 0 Å². The molecule has 1 atom stereocenters. The second kappa shape index (κ2) is 7.23. The molecule has 1 aliphatic carbocycles. The van der Waals surface area contributed by atoms with Crippen molar-refractivity contribution >= 4 is 34.0 Å². The molecule has 0 saturated heterocycles. The molecule has 32 heavy (non-hydrogen) atoms. The summed E-state index contributed by atoms with van der Waals surface area (Å²) >= 11 is -1.12. The number of rotatable bonds is 4. The van der Waals surface area contributed by atoms with Gasteiger partial charge in [0.1, 0.15) is 11.4 Å². The number of aliphatic hydroxyl groups excluding tert-OH is 1.